The second-order valence-electron chi connectivity index (χ2n) is 6.56. The van der Waals surface area contributed by atoms with Crippen LogP contribution in [0, 0.1) is 6.92 Å². The van der Waals surface area contributed by atoms with Crippen LogP contribution in [0.2, 0.25) is 5.02 Å². The van der Waals surface area contributed by atoms with Gasteiger partial charge in [0.05, 0.1) is 16.4 Å². The highest BCUT2D eigenvalue weighted by atomic mass is 35.5. The van der Waals surface area contributed by atoms with E-state index in [0.29, 0.717) is 6.04 Å². The molecule has 19 heavy (non-hydrogen) atoms. The highest BCUT2D eigenvalue weighted by molar-refractivity contribution is 6.33. The normalized spacial score (nSPS) is 17.5. The molecule has 0 atom stereocenters. The van der Waals surface area contributed by atoms with Crippen molar-refractivity contribution in [2.45, 2.75) is 71.4 Å². The van der Waals surface area contributed by atoms with Gasteiger partial charge < -0.3 is 4.90 Å². The van der Waals surface area contributed by atoms with Crippen LogP contribution in [-0.2, 0) is 0 Å². The summed E-state index contributed by atoms with van der Waals surface area (Å²) in [7, 11) is 0. The molecule has 0 N–H and O–H groups in total. The molecule has 2 rings (SSSR count). The molecule has 106 valence electrons. The van der Waals surface area contributed by atoms with E-state index in [0.717, 1.165) is 16.4 Å². The number of aromatic nitrogens is 1. The van der Waals surface area contributed by atoms with Crippen molar-refractivity contribution in [3.8, 4) is 0 Å². The van der Waals surface area contributed by atoms with Crippen LogP contribution in [0.25, 0.3) is 0 Å². The number of rotatable bonds is 2. The van der Waals surface area contributed by atoms with Crippen LogP contribution in [0.4, 0.5) is 5.69 Å². The number of hydrogen-bond donors (Lipinski definition) is 0. The molecule has 1 heterocycles. The Bertz CT molecular complexity index is 431. The van der Waals surface area contributed by atoms with E-state index in [4.69, 9.17) is 11.6 Å². The molecule has 0 bridgehead atoms. The molecule has 3 heteroatoms. The molecule has 1 aromatic rings. The smallest absolute Gasteiger partial charge is 0.0852 e. The molecular weight excluding hydrogens is 256 g/mol. The van der Waals surface area contributed by atoms with E-state index in [1.54, 1.807) is 0 Å². The van der Waals surface area contributed by atoms with Gasteiger partial charge in [-0.3, -0.25) is 4.98 Å². The van der Waals surface area contributed by atoms with Crippen molar-refractivity contribution in [1.29, 1.82) is 0 Å². The molecule has 0 aromatic carbocycles. The third-order valence-corrected chi connectivity index (χ3v) is 4.43. The second kappa shape index (κ2) is 5.70. The number of aryl methyl sites for hydroxylation is 1. The molecule has 0 spiro atoms. The zero-order chi connectivity index (χ0) is 14.0. The summed E-state index contributed by atoms with van der Waals surface area (Å²) in [6, 6.07) is 2.67. The Morgan fingerprint density at radius 2 is 1.84 bits per heavy atom. The van der Waals surface area contributed by atoms with Gasteiger partial charge in [-0.25, -0.2) is 0 Å². The van der Waals surface area contributed by atoms with Crippen LogP contribution >= 0.6 is 11.6 Å². The van der Waals surface area contributed by atoms with Gasteiger partial charge in [-0.2, -0.15) is 0 Å². The first-order valence-electron chi connectivity index (χ1n) is 7.31. The zero-order valence-electron chi connectivity index (χ0n) is 12.5. The molecule has 1 fully saturated rings. The van der Waals surface area contributed by atoms with Crippen LogP contribution in [0.3, 0.4) is 0 Å². The van der Waals surface area contributed by atoms with Crippen LogP contribution in [0.15, 0.2) is 12.3 Å². The molecule has 1 saturated carbocycles. The van der Waals surface area contributed by atoms with E-state index in [-0.39, 0.29) is 5.54 Å². The SMILES string of the molecule is Cc1nccc(N(C2CCCCC2)C(C)(C)C)c1Cl. The average Bonchev–Trinajstić information content (AvgIpc) is 2.35. The Morgan fingerprint density at radius 3 is 2.42 bits per heavy atom. The van der Waals surface area contributed by atoms with E-state index in [1.165, 1.54) is 32.1 Å². The van der Waals surface area contributed by atoms with Crippen LogP contribution < -0.4 is 4.90 Å². The molecule has 0 aliphatic heterocycles. The lowest BCUT2D eigenvalue weighted by Crippen LogP contribution is -2.49. The zero-order valence-corrected chi connectivity index (χ0v) is 13.3. The Hall–Kier alpha value is -0.760. The van der Waals surface area contributed by atoms with Gasteiger partial charge in [0.1, 0.15) is 0 Å². The highest BCUT2D eigenvalue weighted by Crippen LogP contribution is 2.37. The lowest BCUT2D eigenvalue weighted by molar-refractivity contribution is 0.354. The summed E-state index contributed by atoms with van der Waals surface area (Å²) in [5.74, 6) is 0. The number of pyridine rings is 1. The van der Waals surface area contributed by atoms with E-state index < -0.39 is 0 Å². The fourth-order valence-corrected chi connectivity index (χ4v) is 3.37. The molecule has 1 aromatic heterocycles. The predicted octanol–water partition coefficient (Wildman–Crippen LogP) is 4.98. The summed E-state index contributed by atoms with van der Waals surface area (Å²) in [6.07, 6.45) is 8.46. The van der Waals surface area contributed by atoms with Gasteiger partial charge in [0.2, 0.25) is 0 Å². The molecule has 1 aliphatic rings. The molecule has 2 nitrogen and oxygen atoms in total. The van der Waals surface area contributed by atoms with Crippen molar-refractivity contribution in [3.05, 3.63) is 23.0 Å². The maximum absolute atomic E-state index is 6.51. The van der Waals surface area contributed by atoms with Gasteiger partial charge >= 0.3 is 0 Å². The third-order valence-electron chi connectivity index (χ3n) is 3.97. The second-order valence-corrected chi connectivity index (χ2v) is 6.94. The molecule has 0 saturated heterocycles. The lowest BCUT2D eigenvalue weighted by Gasteiger charge is -2.45. The third kappa shape index (κ3) is 3.22. The van der Waals surface area contributed by atoms with Crippen LogP contribution in [0.5, 0.6) is 0 Å². The van der Waals surface area contributed by atoms with Gasteiger partial charge in [-0.05, 0) is 46.6 Å². The average molecular weight is 281 g/mol. The molecular formula is C16H25ClN2. The minimum absolute atomic E-state index is 0.0828. The van der Waals surface area contributed by atoms with Crippen LogP contribution in [-0.4, -0.2) is 16.6 Å². The summed E-state index contributed by atoms with van der Waals surface area (Å²) in [5.41, 5.74) is 2.15. The monoisotopic (exact) mass is 280 g/mol. The summed E-state index contributed by atoms with van der Waals surface area (Å²) >= 11 is 6.51. The molecule has 0 radical (unpaired) electrons. The van der Waals surface area contributed by atoms with E-state index in [1.807, 2.05) is 13.1 Å². The standard InChI is InChI=1S/C16H25ClN2/c1-12-15(17)14(10-11-18-12)19(16(2,3)4)13-8-6-5-7-9-13/h10-11,13H,5-9H2,1-4H3. The van der Waals surface area contributed by atoms with Gasteiger partial charge in [-0.1, -0.05) is 30.9 Å². The molecule has 0 unspecified atom stereocenters. The first-order chi connectivity index (χ1) is 8.91. The summed E-state index contributed by atoms with van der Waals surface area (Å²) in [6.45, 7) is 8.79. The largest absolute Gasteiger partial charge is 0.362 e. The van der Waals surface area contributed by atoms with Crippen molar-refractivity contribution in [2.24, 2.45) is 0 Å². The minimum Gasteiger partial charge on any atom is -0.362 e. The van der Waals surface area contributed by atoms with Gasteiger partial charge in [0.15, 0.2) is 0 Å². The molecule has 0 amide bonds. The Balaban J connectivity index is 2.40. The number of halogens is 1. The van der Waals surface area contributed by atoms with Crippen LogP contribution in [0.1, 0.15) is 58.6 Å². The number of nitrogens with zero attached hydrogens (tertiary/aromatic N) is 2. The maximum Gasteiger partial charge on any atom is 0.0852 e. The summed E-state index contributed by atoms with van der Waals surface area (Å²) < 4.78 is 0. The van der Waals surface area contributed by atoms with E-state index in [9.17, 15) is 0 Å². The highest BCUT2D eigenvalue weighted by Gasteiger charge is 2.31. The van der Waals surface area contributed by atoms with Crippen molar-refractivity contribution >= 4 is 17.3 Å². The van der Waals surface area contributed by atoms with Crippen molar-refractivity contribution < 1.29 is 0 Å². The topological polar surface area (TPSA) is 16.1 Å². The first-order valence-corrected chi connectivity index (χ1v) is 7.69. The van der Waals surface area contributed by atoms with Crippen molar-refractivity contribution in [2.75, 3.05) is 4.90 Å². The summed E-state index contributed by atoms with van der Waals surface area (Å²) in [5, 5.41) is 0.808. The van der Waals surface area contributed by atoms with Gasteiger partial charge in [0, 0.05) is 17.8 Å². The predicted molar refractivity (Wildman–Crippen MR) is 83.1 cm³/mol. The molecule has 1 aliphatic carbocycles. The quantitative estimate of drug-likeness (QED) is 0.759. The van der Waals surface area contributed by atoms with Crippen molar-refractivity contribution in [1.82, 2.24) is 4.98 Å². The van der Waals surface area contributed by atoms with Gasteiger partial charge in [-0.15, -0.1) is 0 Å². The van der Waals surface area contributed by atoms with Crippen molar-refractivity contribution in [3.63, 3.8) is 0 Å². The van der Waals surface area contributed by atoms with Gasteiger partial charge in [0.25, 0.3) is 0 Å². The fraction of sp³-hybridized carbons (Fsp3) is 0.688. The Morgan fingerprint density at radius 1 is 1.21 bits per heavy atom. The van der Waals surface area contributed by atoms with E-state index >= 15 is 0 Å². The first kappa shape index (κ1) is 14.6. The maximum atomic E-state index is 6.51. The van der Waals surface area contributed by atoms with E-state index in [2.05, 4.69) is 36.7 Å². The Labute approximate surface area is 122 Å². The minimum atomic E-state index is 0.0828. The summed E-state index contributed by atoms with van der Waals surface area (Å²) in [4.78, 5) is 6.81. The number of hydrogen-bond acceptors (Lipinski definition) is 2. The Kier molecular flexibility index (Phi) is 4.39. The fourth-order valence-electron chi connectivity index (χ4n) is 3.17. The lowest BCUT2D eigenvalue weighted by atomic mass is 9.90. The number of anilines is 1.